The topological polar surface area (TPSA) is 75.6 Å². The van der Waals surface area contributed by atoms with E-state index in [2.05, 4.69) is 0 Å². The Morgan fingerprint density at radius 2 is 1.91 bits per heavy atom. The summed E-state index contributed by atoms with van der Waals surface area (Å²) in [7, 11) is 0. The van der Waals surface area contributed by atoms with Crippen LogP contribution in [0.25, 0.3) is 0 Å². The van der Waals surface area contributed by atoms with Crippen molar-refractivity contribution in [2.75, 3.05) is 0 Å². The van der Waals surface area contributed by atoms with Gasteiger partial charge in [0.25, 0.3) is 0 Å². The van der Waals surface area contributed by atoms with Crippen LogP contribution in [-0.4, -0.2) is 28.8 Å². The van der Waals surface area contributed by atoms with Crippen molar-refractivity contribution in [2.45, 2.75) is 38.8 Å². The van der Waals surface area contributed by atoms with Crippen LogP contribution in [0.3, 0.4) is 0 Å². The first-order valence-electron chi connectivity index (χ1n) is 6.91. The predicted octanol–water partition coefficient (Wildman–Crippen LogP) is 2.62. The molecule has 5 nitrogen and oxygen atoms in total. The number of carbonyl (C=O) groups is 2. The molecule has 1 rings (SSSR count). The lowest BCUT2D eigenvalue weighted by Crippen LogP contribution is -2.44. The van der Waals surface area contributed by atoms with Gasteiger partial charge in [-0.05, 0) is 38.4 Å². The molecule has 0 aliphatic heterocycles. The number of benzene rings is 1. The lowest BCUT2D eigenvalue weighted by molar-refractivity contribution is -0.139. The molecule has 0 unspecified atom stereocenters. The summed E-state index contributed by atoms with van der Waals surface area (Å²) in [6, 6.07) is -0.238. The number of halogens is 3. The molecule has 0 aliphatic rings. The number of ether oxygens (including phenoxy) is 1. The van der Waals surface area contributed by atoms with Crippen LogP contribution < -0.4 is 5.32 Å². The Bertz CT molecular complexity index is 587. The summed E-state index contributed by atoms with van der Waals surface area (Å²) in [5, 5.41) is 11.1. The molecule has 0 bridgehead atoms. The summed E-state index contributed by atoms with van der Waals surface area (Å²) in [5.41, 5.74) is -1.27. The fraction of sp³-hybridized carbons (Fsp3) is 0.429. The van der Waals surface area contributed by atoms with E-state index in [4.69, 9.17) is 11.2 Å². The van der Waals surface area contributed by atoms with Gasteiger partial charge in [-0.15, -0.1) is 0 Å². The van der Waals surface area contributed by atoms with Gasteiger partial charge in [-0.2, -0.15) is 0 Å². The molecule has 0 aliphatic carbocycles. The van der Waals surface area contributed by atoms with Gasteiger partial charge >= 0.3 is 12.1 Å². The maximum Gasteiger partial charge on any atom is 0.408 e. The molecule has 0 fully saturated rings. The molecule has 0 spiro atoms. The van der Waals surface area contributed by atoms with Crippen molar-refractivity contribution in [1.29, 1.82) is 0 Å². The summed E-state index contributed by atoms with van der Waals surface area (Å²) in [6.45, 7) is 2.67. The van der Waals surface area contributed by atoms with Gasteiger partial charge in [0.05, 0.1) is 0 Å². The number of carbonyl (C=O) groups excluding carboxylic acids is 1. The molecule has 0 saturated carbocycles. The van der Waals surface area contributed by atoms with Crippen molar-refractivity contribution in [3.05, 3.63) is 35.1 Å². The van der Waals surface area contributed by atoms with Gasteiger partial charge in [0, 0.05) is 7.79 Å². The van der Waals surface area contributed by atoms with Crippen LogP contribution in [0.15, 0.2) is 12.1 Å². The van der Waals surface area contributed by atoms with E-state index >= 15 is 0 Å². The van der Waals surface area contributed by atoms with Gasteiger partial charge in [0.2, 0.25) is 0 Å². The Morgan fingerprint density at radius 3 is 2.36 bits per heavy atom. The first kappa shape index (κ1) is 16.1. The standard InChI is InChI=1S/C14H16F3NO4/c1-14(2,3)22-13(21)18-10(12(19)20)6-7-4-8(15)11(17)9(16)5-7/h4-5,10H,6H2,1-3H3,(H,18,21)(H,19,20)/t10-/m0/s1/i1D. The largest absolute Gasteiger partial charge is 0.480 e. The molecule has 8 heteroatoms. The van der Waals surface area contributed by atoms with Gasteiger partial charge in [-0.25, -0.2) is 22.8 Å². The second-order valence-electron chi connectivity index (χ2n) is 5.26. The summed E-state index contributed by atoms with van der Waals surface area (Å²) >= 11 is 0. The Labute approximate surface area is 126 Å². The Hall–Kier alpha value is -2.25. The molecular weight excluding hydrogens is 303 g/mol. The predicted molar refractivity (Wildman–Crippen MR) is 70.8 cm³/mol. The monoisotopic (exact) mass is 320 g/mol. The normalized spacial score (nSPS) is 13.2. The van der Waals surface area contributed by atoms with Gasteiger partial charge in [0.1, 0.15) is 11.6 Å². The zero-order chi connectivity index (χ0) is 17.8. The summed E-state index contributed by atoms with van der Waals surface area (Å²) < 4.78 is 51.2. The second kappa shape index (κ2) is 6.67. The molecule has 1 aromatic rings. The van der Waals surface area contributed by atoms with Crippen LogP contribution >= 0.6 is 0 Å². The highest BCUT2D eigenvalue weighted by molar-refractivity contribution is 5.80. The minimum absolute atomic E-state index is 0.145. The average Bonchev–Trinajstić information content (AvgIpc) is 2.43. The van der Waals surface area contributed by atoms with Crippen molar-refractivity contribution in [1.82, 2.24) is 5.32 Å². The van der Waals surface area contributed by atoms with Gasteiger partial charge < -0.3 is 15.2 Å². The van der Waals surface area contributed by atoms with Crippen molar-refractivity contribution < 1.29 is 34.0 Å². The van der Waals surface area contributed by atoms with Crippen molar-refractivity contribution in [2.24, 2.45) is 0 Å². The molecule has 0 aromatic heterocycles. The third kappa shape index (κ3) is 5.27. The van der Waals surface area contributed by atoms with E-state index in [1.165, 1.54) is 13.8 Å². The maximum atomic E-state index is 13.1. The molecule has 2 N–H and O–H groups in total. The van der Waals surface area contributed by atoms with Crippen LogP contribution in [-0.2, 0) is 16.0 Å². The summed E-state index contributed by atoms with van der Waals surface area (Å²) in [6.07, 6.45) is -1.56. The Balaban J connectivity index is 2.84. The molecule has 22 heavy (non-hydrogen) atoms. The van der Waals surface area contributed by atoms with Gasteiger partial charge in [-0.1, -0.05) is 0 Å². The Morgan fingerprint density at radius 1 is 1.36 bits per heavy atom. The van der Waals surface area contributed by atoms with Gasteiger partial charge in [-0.3, -0.25) is 0 Å². The van der Waals surface area contributed by atoms with E-state index in [0.717, 1.165) is 0 Å². The number of hydrogen-bond donors (Lipinski definition) is 2. The highest BCUT2D eigenvalue weighted by Gasteiger charge is 2.25. The van der Waals surface area contributed by atoms with E-state index in [-0.39, 0.29) is 12.5 Å². The molecule has 1 atom stereocenters. The smallest absolute Gasteiger partial charge is 0.408 e. The van der Waals surface area contributed by atoms with Crippen LogP contribution in [0, 0.1) is 17.5 Å². The number of rotatable bonds is 4. The average molecular weight is 320 g/mol. The van der Waals surface area contributed by atoms with E-state index in [9.17, 15) is 22.8 Å². The molecular formula is C14H16F3NO4. The number of aliphatic carboxylic acids is 1. The molecule has 122 valence electrons. The maximum absolute atomic E-state index is 13.1. The molecule has 0 heterocycles. The first-order valence-corrected chi connectivity index (χ1v) is 6.20. The van der Waals surface area contributed by atoms with Crippen LogP contribution in [0.4, 0.5) is 18.0 Å². The van der Waals surface area contributed by atoms with Crippen LogP contribution in [0.2, 0.25) is 0 Å². The third-order valence-electron chi connectivity index (χ3n) is 2.44. The molecule has 1 aromatic carbocycles. The molecule has 0 saturated heterocycles. The third-order valence-corrected chi connectivity index (χ3v) is 2.44. The first-order chi connectivity index (χ1) is 10.6. The number of alkyl carbamates (subject to hydrolysis) is 1. The van der Waals surface area contributed by atoms with Crippen molar-refractivity contribution >= 4 is 12.1 Å². The fourth-order valence-electron chi connectivity index (χ4n) is 1.58. The molecule has 0 radical (unpaired) electrons. The quantitative estimate of drug-likeness (QED) is 0.836. The second-order valence-corrected chi connectivity index (χ2v) is 5.26. The Kier molecular flexibility index (Phi) is 4.89. The minimum Gasteiger partial charge on any atom is -0.480 e. The summed E-state index contributed by atoms with van der Waals surface area (Å²) in [5.74, 6) is -6.04. The number of carboxylic acids is 1. The van der Waals surface area contributed by atoms with E-state index in [1.54, 1.807) is 0 Å². The zero-order valence-corrected chi connectivity index (χ0v) is 12.0. The SMILES string of the molecule is [2H]CC(C)(C)OC(=O)N[C@@H](Cc1cc(F)c(F)c(F)c1)C(=O)O. The highest BCUT2D eigenvalue weighted by atomic mass is 19.2. The number of carboxylic acid groups (broad SMARTS) is 1. The number of nitrogens with one attached hydrogen (secondary N) is 1. The number of amides is 1. The van der Waals surface area contributed by atoms with Crippen molar-refractivity contribution in [3.8, 4) is 0 Å². The van der Waals surface area contributed by atoms with E-state index in [1.807, 2.05) is 5.32 Å². The van der Waals surface area contributed by atoms with Crippen LogP contribution in [0.1, 0.15) is 27.7 Å². The molecule has 1 amide bonds. The lowest BCUT2D eigenvalue weighted by atomic mass is 10.1. The van der Waals surface area contributed by atoms with E-state index < -0.39 is 47.6 Å². The number of hydrogen-bond acceptors (Lipinski definition) is 3. The fourth-order valence-corrected chi connectivity index (χ4v) is 1.58. The van der Waals surface area contributed by atoms with Crippen LogP contribution in [0.5, 0.6) is 0 Å². The minimum atomic E-state index is -1.66. The highest BCUT2D eigenvalue weighted by Crippen LogP contribution is 2.15. The van der Waals surface area contributed by atoms with Gasteiger partial charge in [0.15, 0.2) is 17.5 Å². The van der Waals surface area contributed by atoms with E-state index in [0.29, 0.717) is 12.1 Å². The zero-order valence-electron chi connectivity index (χ0n) is 13.0. The summed E-state index contributed by atoms with van der Waals surface area (Å²) in [4.78, 5) is 22.8. The van der Waals surface area contributed by atoms with Crippen molar-refractivity contribution in [3.63, 3.8) is 0 Å². The lowest BCUT2D eigenvalue weighted by Gasteiger charge is -2.22.